The first-order valence-electron chi connectivity index (χ1n) is 6.68. The predicted octanol–water partition coefficient (Wildman–Crippen LogP) is 4.86. The molecule has 2 aromatic carbocycles. The van der Waals surface area contributed by atoms with Gasteiger partial charge in [0, 0.05) is 5.56 Å². The van der Waals surface area contributed by atoms with E-state index in [4.69, 9.17) is 4.74 Å². The second kappa shape index (κ2) is 5.75. The molecule has 118 valence electrons. The lowest BCUT2D eigenvalue weighted by Crippen LogP contribution is -2.04. The van der Waals surface area contributed by atoms with Gasteiger partial charge >= 0.3 is 12.1 Å². The Morgan fingerprint density at radius 2 is 1.83 bits per heavy atom. The van der Waals surface area contributed by atoms with Crippen LogP contribution in [0.1, 0.15) is 11.5 Å². The van der Waals surface area contributed by atoms with Crippen LogP contribution in [0.4, 0.5) is 13.2 Å². The van der Waals surface area contributed by atoms with Crippen molar-refractivity contribution in [3.05, 3.63) is 60.0 Å². The van der Waals surface area contributed by atoms with Gasteiger partial charge in [-0.3, -0.25) is 0 Å². The summed E-state index contributed by atoms with van der Waals surface area (Å²) in [5.41, 5.74) is 1.31. The van der Waals surface area contributed by atoms with E-state index in [0.717, 1.165) is 5.56 Å². The first-order valence-corrected chi connectivity index (χ1v) is 6.68. The molecular weight excluding hydrogens is 309 g/mol. The van der Waals surface area contributed by atoms with Crippen molar-refractivity contribution in [2.45, 2.75) is 13.1 Å². The Kier molecular flexibility index (Phi) is 3.77. The van der Waals surface area contributed by atoms with Gasteiger partial charge in [0.05, 0.1) is 0 Å². The molecule has 0 aliphatic heterocycles. The number of ether oxygens (including phenoxy) is 1. The number of aryl methyl sites for hydroxylation is 1. The average molecular weight is 320 g/mol. The number of benzene rings is 2. The fourth-order valence-electron chi connectivity index (χ4n) is 1.95. The lowest BCUT2D eigenvalue weighted by atomic mass is 10.2. The molecule has 3 aromatic rings. The summed E-state index contributed by atoms with van der Waals surface area (Å²) in [4.78, 5) is 3.36. The lowest BCUT2D eigenvalue weighted by molar-refractivity contribution is -0.159. The molecule has 23 heavy (non-hydrogen) atoms. The molecule has 0 saturated carbocycles. The highest BCUT2D eigenvalue weighted by molar-refractivity contribution is 5.57. The van der Waals surface area contributed by atoms with Crippen molar-refractivity contribution in [3.63, 3.8) is 0 Å². The highest BCUT2D eigenvalue weighted by atomic mass is 19.4. The Morgan fingerprint density at radius 3 is 2.52 bits per heavy atom. The molecule has 1 aromatic heterocycles. The number of para-hydroxylation sites is 1. The summed E-state index contributed by atoms with van der Waals surface area (Å²) in [5, 5.41) is 3.36. The van der Waals surface area contributed by atoms with Crippen molar-refractivity contribution in [2.24, 2.45) is 0 Å². The normalized spacial score (nSPS) is 11.5. The van der Waals surface area contributed by atoms with E-state index < -0.39 is 12.1 Å². The smallest absolute Gasteiger partial charge is 0.457 e. The monoisotopic (exact) mass is 320 g/mol. The van der Waals surface area contributed by atoms with Gasteiger partial charge in [0.1, 0.15) is 11.5 Å². The second-order valence-corrected chi connectivity index (χ2v) is 4.82. The highest BCUT2D eigenvalue weighted by Gasteiger charge is 2.38. The SMILES string of the molecule is Cc1ccccc1Oc1cccc(-c2noc(C(F)(F)F)n2)c1. The second-order valence-electron chi connectivity index (χ2n) is 4.82. The van der Waals surface area contributed by atoms with Crippen LogP contribution in [-0.2, 0) is 6.18 Å². The number of nitrogens with zero attached hydrogens (tertiary/aromatic N) is 2. The van der Waals surface area contributed by atoms with Crippen LogP contribution >= 0.6 is 0 Å². The van der Waals surface area contributed by atoms with Gasteiger partial charge in [0.2, 0.25) is 5.82 Å². The van der Waals surface area contributed by atoms with E-state index in [0.29, 0.717) is 17.1 Å². The van der Waals surface area contributed by atoms with Gasteiger partial charge in [-0.05, 0) is 30.7 Å². The van der Waals surface area contributed by atoms with Gasteiger partial charge in [-0.1, -0.05) is 35.5 Å². The molecule has 0 aliphatic carbocycles. The quantitative estimate of drug-likeness (QED) is 0.692. The third-order valence-corrected chi connectivity index (χ3v) is 3.08. The van der Waals surface area contributed by atoms with E-state index in [1.54, 1.807) is 30.3 Å². The zero-order chi connectivity index (χ0) is 16.4. The van der Waals surface area contributed by atoms with E-state index in [-0.39, 0.29) is 5.82 Å². The Hall–Kier alpha value is -2.83. The van der Waals surface area contributed by atoms with Gasteiger partial charge in [0.25, 0.3) is 0 Å². The molecule has 4 nitrogen and oxygen atoms in total. The summed E-state index contributed by atoms with van der Waals surface area (Å²) in [6.45, 7) is 1.90. The van der Waals surface area contributed by atoms with E-state index in [9.17, 15) is 13.2 Å². The predicted molar refractivity (Wildman–Crippen MR) is 76.0 cm³/mol. The maximum Gasteiger partial charge on any atom is 0.471 e. The maximum atomic E-state index is 12.5. The van der Waals surface area contributed by atoms with E-state index >= 15 is 0 Å². The summed E-state index contributed by atoms with van der Waals surface area (Å²) in [6, 6.07) is 13.9. The van der Waals surface area contributed by atoms with Crippen molar-refractivity contribution in [1.82, 2.24) is 10.1 Å². The molecule has 0 unspecified atom stereocenters. The summed E-state index contributed by atoms with van der Waals surface area (Å²) in [5.74, 6) is -0.394. The summed E-state index contributed by atoms with van der Waals surface area (Å²) in [7, 11) is 0. The highest BCUT2D eigenvalue weighted by Crippen LogP contribution is 2.31. The minimum atomic E-state index is -4.67. The molecular formula is C16H11F3N2O2. The number of aromatic nitrogens is 2. The van der Waals surface area contributed by atoms with Gasteiger partial charge in [-0.25, -0.2) is 0 Å². The standard InChI is InChI=1S/C16H11F3N2O2/c1-10-5-2-3-8-13(10)22-12-7-4-6-11(9-12)14-20-15(23-21-14)16(17,18)19/h2-9H,1H3. The molecule has 0 amide bonds. The van der Waals surface area contributed by atoms with Crippen LogP contribution in [0.5, 0.6) is 11.5 Å². The molecule has 7 heteroatoms. The lowest BCUT2D eigenvalue weighted by Gasteiger charge is -2.08. The van der Waals surface area contributed by atoms with Gasteiger partial charge < -0.3 is 9.26 Å². The van der Waals surface area contributed by atoms with Crippen LogP contribution < -0.4 is 4.74 Å². The first-order chi connectivity index (χ1) is 10.9. The molecule has 0 spiro atoms. The number of hydrogen-bond acceptors (Lipinski definition) is 4. The molecule has 0 fully saturated rings. The number of halogens is 3. The molecule has 3 rings (SSSR count). The molecule has 0 atom stereocenters. The molecule has 1 heterocycles. The Balaban J connectivity index is 1.88. The van der Waals surface area contributed by atoms with Crippen LogP contribution in [-0.4, -0.2) is 10.1 Å². The van der Waals surface area contributed by atoms with Crippen LogP contribution in [0.3, 0.4) is 0 Å². The van der Waals surface area contributed by atoms with Crippen molar-refractivity contribution >= 4 is 0 Å². The number of rotatable bonds is 3. The third kappa shape index (κ3) is 3.33. The molecule has 0 N–H and O–H groups in total. The largest absolute Gasteiger partial charge is 0.471 e. The Labute approximate surface area is 129 Å². The zero-order valence-corrected chi connectivity index (χ0v) is 12.0. The Morgan fingerprint density at radius 1 is 1.04 bits per heavy atom. The van der Waals surface area contributed by atoms with Crippen molar-refractivity contribution in [3.8, 4) is 22.9 Å². The number of alkyl halides is 3. The van der Waals surface area contributed by atoms with E-state index in [1.807, 2.05) is 25.1 Å². The van der Waals surface area contributed by atoms with Gasteiger partial charge in [-0.15, -0.1) is 0 Å². The van der Waals surface area contributed by atoms with E-state index in [2.05, 4.69) is 14.7 Å². The zero-order valence-electron chi connectivity index (χ0n) is 12.0. The number of hydrogen-bond donors (Lipinski definition) is 0. The van der Waals surface area contributed by atoms with Crippen molar-refractivity contribution < 1.29 is 22.4 Å². The maximum absolute atomic E-state index is 12.5. The van der Waals surface area contributed by atoms with Crippen LogP contribution in [0.2, 0.25) is 0 Å². The minimum Gasteiger partial charge on any atom is -0.457 e. The van der Waals surface area contributed by atoms with Gasteiger partial charge in [-0.2, -0.15) is 18.2 Å². The van der Waals surface area contributed by atoms with Crippen LogP contribution in [0, 0.1) is 6.92 Å². The fourth-order valence-corrected chi connectivity index (χ4v) is 1.95. The Bertz CT molecular complexity index is 828. The first kappa shape index (κ1) is 15.1. The molecule has 0 bridgehead atoms. The average Bonchev–Trinajstić information content (AvgIpc) is 3.00. The third-order valence-electron chi connectivity index (χ3n) is 3.08. The fraction of sp³-hybridized carbons (Fsp3) is 0.125. The summed E-state index contributed by atoms with van der Waals surface area (Å²) < 4.78 is 47.5. The van der Waals surface area contributed by atoms with Crippen LogP contribution in [0.15, 0.2) is 53.1 Å². The summed E-state index contributed by atoms with van der Waals surface area (Å²) in [6.07, 6.45) is -4.67. The molecule has 0 saturated heterocycles. The van der Waals surface area contributed by atoms with Crippen LogP contribution in [0.25, 0.3) is 11.4 Å². The van der Waals surface area contributed by atoms with Crippen molar-refractivity contribution in [2.75, 3.05) is 0 Å². The topological polar surface area (TPSA) is 48.2 Å². The van der Waals surface area contributed by atoms with Crippen molar-refractivity contribution in [1.29, 1.82) is 0 Å². The van der Waals surface area contributed by atoms with Gasteiger partial charge in [0.15, 0.2) is 0 Å². The summed E-state index contributed by atoms with van der Waals surface area (Å²) >= 11 is 0. The van der Waals surface area contributed by atoms with E-state index in [1.165, 1.54) is 0 Å². The molecule has 0 radical (unpaired) electrons. The molecule has 0 aliphatic rings. The minimum absolute atomic E-state index is 0.146.